The molecule has 0 aliphatic rings. The first kappa shape index (κ1) is 20.2. The van der Waals surface area contributed by atoms with Gasteiger partial charge in [0.05, 0.1) is 6.26 Å². The molecule has 0 unspecified atom stereocenters. The molecule has 3 aromatic rings. The van der Waals surface area contributed by atoms with Crippen molar-refractivity contribution >= 4 is 41.5 Å². The van der Waals surface area contributed by atoms with Gasteiger partial charge in [-0.1, -0.05) is 23.7 Å². The smallest absolute Gasteiger partial charge is 0.216 e. The molecule has 26 heavy (non-hydrogen) atoms. The lowest BCUT2D eigenvalue weighted by atomic mass is 10.2. The van der Waals surface area contributed by atoms with Crippen LogP contribution in [0, 0.1) is 0 Å². The van der Waals surface area contributed by atoms with E-state index in [-0.39, 0.29) is 24.0 Å². The predicted molar refractivity (Wildman–Crippen MR) is 113 cm³/mol. The number of benzene rings is 1. The van der Waals surface area contributed by atoms with E-state index in [9.17, 15) is 0 Å². The van der Waals surface area contributed by atoms with Crippen LogP contribution in [0.25, 0.3) is 11.6 Å². The highest BCUT2D eigenvalue weighted by atomic mass is 127. The highest BCUT2D eigenvalue weighted by Gasteiger charge is 2.08. The van der Waals surface area contributed by atoms with Crippen molar-refractivity contribution in [1.82, 2.24) is 25.8 Å². The van der Waals surface area contributed by atoms with Gasteiger partial charge in [0.1, 0.15) is 5.82 Å². The standard InChI is InChI=1S/C17H19ClN6O.HI/c1-19-17(21-11-12-4-6-13(18)7-5-12)20-9-8-15-22-16(24-23-15)14-3-2-10-25-14;/h2-7,10H,8-9,11H2,1H3,(H2,19,20,21)(H,22,23,24);1H. The molecule has 0 aliphatic carbocycles. The van der Waals surface area contributed by atoms with Gasteiger partial charge < -0.3 is 15.1 Å². The number of H-pyrrole nitrogens is 1. The zero-order chi connectivity index (χ0) is 17.5. The third-order valence-corrected chi connectivity index (χ3v) is 3.78. The SMILES string of the molecule is CN=C(NCCc1nc(-c2ccco2)n[nH]1)NCc1ccc(Cl)cc1.I. The Bertz CT molecular complexity index is 816. The van der Waals surface area contributed by atoms with Crippen molar-refractivity contribution in [1.29, 1.82) is 0 Å². The lowest BCUT2D eigenvalue weighted by Gasteiger charge is -2.11. The molecule has 0 spiro atoms. The van der Waals surface area contributed by atoms with E-state index < -0.39 is 0 Å². The second-order valence-corrected chi connectivity index (χ2v) is 5.75. The van der Waals surface area contributed by atoms with Crippen LogP contribution in [0.4, 0.5) is 0 Å². The Labute approximate surface area is 173 Å². The molecule has 3 rings (SSSR count). The molecule has 3 N–H and O–H groups in total. The second kappa shape index (κ2) is 10.2. The van der Waals surface area contributed by atoms with E-state index >= 15 is 0 Å². The fourth-order valence-electron chi connectivity index (χ4n) is 2.23. The molecule has 7 nitrogen and oxygen atoms in total. The molecule has 0 saturated heterocycles. The van der Waals surface area contributed by atoms with Crippen molar-refractivity contribution in [2.24, 2.45) is 4.99 Å². The predicted octanol–water partition coefficient (Wildman–Crippen LogP) is 3.24. The van der Waals surface area contributed by atoms with Gasteiger partial charge in [0, 0.05) is 31.6 Å². The minimum Gasteiger partial charge on any atom is -0.461 e. The molecule has 0 bridgehead atoms. The van der Waals surface area contributed by atoms with Crippen molar-refractivity contribution < 1.29 is 4.42 Å². The van der Waals surface area contributed by atoms with Gasteiger partial charge in [-0.15, -0.1) is 24.0 Å². The van der Waals surface area contributed by atoms with Crippen LogP contribution >= 0.6 is 35.6 Å². The topological polar surface area (TPSA) is 91.1 Å². The van der Waals surface area contributed by atoms with E-state index in [2.05, 4.69) is 30.8 Å². The average molecular weight is 487 g/mol. The van der Waals surface area contributed by atoms with Crippen molar-refractivity contribution in [3.05, 3.63) is 59.1 Å². The average Bonchev–Trinajstić information content (AvgIpc) is 3.30. The number of furan rings is 1. The fraction of sp³-hybridized carbons (Fsp3) is 0.235. The van der Waals surface area contributed by atoms with Crippen molar-refractivity contribution in [3.8, 4) is 11.6 Å². The first-order chi connectivity index (χ1) is 12.2. The first-order valence-electron chi connectivity index (χ1n) is 7.88. The summed E-state index contributed by atoms with van der Waals surface area (Å²) in [7, 11) is 1.74. The van der Waals surface area contributed by atoms with Gasteiger partial charge in [0.25, 0.3) is 0 Å². The largest absolute Gasteiger partial charge is 0.461 e. The zero-order valence-corrected chi connectivity index (χ0v) is 17.3. The summed E-state index contributed by atoms with van der Waals surface area (Å²) in [5.41, 5.74) is 1.13. The molecule has 0 atom stereocenters. The summed E-state index contributed by atoms with van der Waals surface area (Å²) in [6.07, 6.45) is 2.29. The number of hydrogen-bond acceptors (Lipinski definition) is 4. The quantitative estimate of drug-likeness (QED) is 0.283. The van der Waals surface area contributed by atoms with E-state index in [4.69, 9.17) is 16.0 Å². The van der Waals surface area contributed by atoms with Gasteiger partial charge in [0.2, 0.25) is 5.82 Å². The van der Waals surface area contributed by atoms with Crippen LogP contribution in [0.5, 0.6) is 0 Å². The first-order valence-corrected chi connectivity index (χ1v) is 8.26. The summed E-state index contributed by atoms with van der Waals surface area (Å²) < 4.78 is 5.28. The highest BCUT2D eigenvalue weighted by molar-refractivity contribution is 14.0. The summed E-state index contributed by atoms with van der Waals surface area (Å²) in [6.45, 7) is 1.34. The van der Waals surface area contributed by atoms with Gasteiger partial charge in [-0.25, -0.2) is 4.98 Å². The summed E-state index contributed by atoms with van der Waals surface area (Å²) in [6, 6.07) is 11.3. The summed E-state index contributed by atoms with van der Waals surface area (Å²) in [4.78, 5) is 8.61. The molecule has 138 valence electrons. The molecule has 0 saturated carbocycles. The van der Waals surface area contributed by atoms with Crippen LogP contribution in [-0.4, -0.2) is 34.7 Å². The van der Waals surface area contributed by atoms with Crippen molar-refractivity contribution in [2.75, 3.05) is 13.6 Å². The van der Waals surface area contributed by atoms with Crippen LogP contribution in [0.3, 0.4) is 0 Å². The number of rotatable bonds is 6. The number of aliphatic imine (C=N–C) groups is 1. The maximum Gasteiger partial charge on any atom is 0.216 e. The third kappa shape index (κ3) is 5.73. The second-order valence-electron chi connectivity index (χ2n) is 5.31. The number of halogens is 2. The van der Waals surface area contributed by atoms with Gasteiger partial charge in [-0.3, -0.25) is 10.1 Å². The number of hydrogen-bond donors (Lipinski definition) is 3. The molecule has 1 aromatic carbocycles. The van der Waals surface area contributed by atoms with Crippen LogP contribution in [0.2, 0.25) is 5.02 Å². The monoisotopic (exact) mass is 486 g/mol. The van der Waals surface area contributed by atoms with Gasteiger partial charge in [0.15, 0.2) is 11.7 Å². The number of nitrogens with zero attached hydrogens (tertiary/aromatic N) is 3. The van der Waals surface area contributed by atoms with Crippen molar-refractivity contribution in [3.63, 3.8) is 0 Å². The number of aromatic nitrogens is 3. The normalized spacial score (nSPS) is 11.1. The lowest BCUT2D eigenvalue weighted by molar-refractivity contribution is 0.577. The van der Waals surface area contributed by atoms with Crippen LogP contribution in [0.1, 0.15) is 11.4 Å². The molecule has 0 amide bonds. The molecule has 0 fully saturated rings. The summed E-state index contributed by atoms with van der Waals surface area (Å²) in [5.74, 6) is 2.72. The van der Waals surface area contributed by atoms with Gasteiger partial charge >= 0.3 is 0 Å². The van der Waals surface area contributed by atoms with Gasteiger partial charge in [-0.05, 0) is 29.8 Å². The number of aromatic amines is 1. The molecule has 0 radical (unpaired) electrons. The Morgan fingerprint density at radius 2 is 2.04 bits per heavy atom. The molecule has 0 aliphatic heterocycles. The summed E-state index contributed by atoms with van der Waals surface area (Å²) in [5, 5.41) is 14.3. The number of guanidine groups is 1. The van der Waals surface area contributed by atoms with Gasteiger partial charge in [-0.2, -0.15) is 5.10 Å². The Hall–Kier alpha value is -2.07. The maximum atomic E-state index is 5.89. The summed E-state index contributed by atoms with van der Waals surface area (Å²) >= 11 is 5.89. The third-order valence-electron chi connectivity index (χ3n) is 3.52. The maximum absolute atomic E-state index is 5.89. The van der Waals surface area contributed by atoms with E-state index in [1.165, 1.54) is 0 Å². The zero-order valence-electron chi connectivity index (χ0n) is 14.2. The molecular weight excluding hydrogens is 467 g/mol. The minimum atomic E-state index is 0. The Morgan fingerprint density at radius 1 is 1.23 bits per heavy atom. The van der Waals surface area contributed by atoms with E-state index in [1.54, 1.807) is 13.3 Å². The number of nitrogens with one attached hydrogen (secondary N) is 3. The van der Waals surface area contributed by atoms with Crippen LogP contribution in [-0.2, 0) is 13.0 Å². The molecular formula is C17H20ClIN6O. The molecule has 2 aromatic heterocycles. The van der Waals surface area contributed by atoms with E-state index in [0.717, 1.165) is 22.4 Å². The van der Waals surface area contributed by atoms with Crippen LogP contribution < -0.4 is 10.6 Å². The highest BCUT2D eigenvalue weighted by Crippen LogP contribution is 2.14. The molecule has 2 heterocycles. The Morgan fingerprint density at radius 3 is 2.73 bits per heavy atom. The Kier molecular flexibility index (Phi) is 7.92. The van der Waals surface area contributed by atoms with Crippen LogP contribution in [0.15, 0.2) is 52.1 Å². The molecule has 9 heteroatoms. The fourth-order valence-corrected chi connectivity index (χ4v) is 2.36. The lowest BCUT2D eigenvalue weighted by Crippen LogP contribution is -2.37. The van der Waals surface area contributed by atoms with E-state index in [1.807, 2.05) is 36.4 Å². The minimum absolute atomic E-state index is 0. The Balaban J connectivity index is 0.00000243. The van der Waals surface area contributed by atoms with Crippen molar-refractivity contribution in [2.45, 2.75) is 13.0 Å². The van der Waals surface area contributed by atoms with E-state index in [0.29, 0.717) is 31.1 Å².